The van der Waals surface area contributed by atoms with Crippen LogP contribution in [-0.4, -0.2) is 26.7 Å². The van der Waals surface area contributed by atoms with Crippen molar-refractivity contribution in [1.29, 1.82) is 0 Å². The third-order valence-corrected chi connectivity index (χ3v) is 5.81. The van der Waals surface area contributed by atoms with Gasteiger partial charge in [-0.3, -0.25) is 19.5 Å². The summed E-state index contributed by atoms with van der Waals surface area (Å²) in [7, 11) is 0. The van der Waals surface area contributed by atoms with Crippen LogP contribution in [-0.2, 0) is 16.1 Å². The Morgan fingerprint density at radius 3 is 2.73 bits per heavy atom. The molecule has 2 heterocycles. The third kappa shape index (κ3) is 4.28. The molecule has 7 heteroatoms. The zero-order chi connectivity index (χ0) is 18.7. The quantitative estimate of drug-likeness (QED) is 0.661. The van der Waals surface area contributed by atoms with Crippen molar-refractivity contribution in [2.45, 2.75) is 27.3 Å². The molecular formula is C19H19N3O2S2. The lowest BCUT2D eigenvalue weighted by atomic mass is 10.1. The largest absolute Gasteiger partial charge is 0.288 e. The Hall–Kier alpha value is -2.25. The zero-order valence-corrected chi connectivity index (χ0v) is 16.5. The van der Waals surface area contributed by atoms with Gasteiger partial charge in [-0.15, -0.1) is 0 Å². The molecule has 0 saturated carbocycles. The van der Waals surface area contributed by atoms with E-state index in [0.29, 0.717) is 11.7 Å². The number of carbonyl (C=O) groups excluding carboxylic acids is 2. The predicted octanol–water partition coefficient (Wildman–Crippen LogP) is 4.12. The molecule has 2 aromatic heterocycles. The number of anilines is 1. The zero-order valence-electron chi connectivity index (χ0n) is 14.9. The minimum Gasteiger partial charge on any atom is -0.288 e. The first-order valence-corrected chi connectivity index (χ1v) is 9.95. The molecule has 0 aliphatic heterocycles. The molecule has 0 fully saturated rings. The van der Waals surface area contributed by atoms with Crippen molar-refractivity contribution in [3.05, 3.63) is 53.3 Å². The van der Waals surface area contributed by atoms with Crippen LogP contribution in [0.15, 0.2) is 36.5 Å². The van der Waals surface area contributed by atoms with Crippen molar-refractivity contribution in [2.24, 2.45) is 0 Å². The molecular weight excluding hydrogens is 366 g/mol. The Kier molecular flexibility index (Phi) is 5.68. The van der Waals surface area contributed by atoms with Gasteiger partial charge in [0.2, 0.25) is 5.91 Å². The number of amides is 1. The first-order valence-electron chi connectivity index (χ1n) is 8.15. The lowest BCUT2D eigenvalue weighted by Gasteiger charge is -2.19. The number of aromatic nitrogens is 2. The van der Waals surface area contributed by atoms with Crippen LogP contribution in [0.3, 0.4) is 0 Å². The summed E-state index contributed by atoms with van der Waals surface area (Å²) in [4.78, 5) is 34.6. The summed E-state index contributed by atoms with van der Waals surface area (Å²) >= 11 is 2.51. The molecule has 1 amide bonds. The normalized spacial score (nSPS) is 10.9. The van der Waals surface area contributed by atoms with Gasteiger partial charge in [-0.2, -0.15) is 0 Å². The highest BCUT2D eigenvalue weighted by molar-refractivity contribution is 8.14. The smallest absolute Gasteiger partial charge is 0.239 e. The number of hydrogen-bond acceptors (Lipinski definition) is 6. The first-order chi connectivity index (χ1) is 12.4. The van der Waals surface area contributed by atoms with Crippen LogP contribution in [0.2, 0.25) is 0 Å². The van der Waals surface area contributed by atoms with Gasteiger partial charge < -0.3 is 0 Å². The van der Waals surface area contributed by atoms with Gasteiger partial charge in [0.05, 0.1) is 28.2 Å². The fourth-order valence-corrected chi connectivity index (χ4v) is 4.15. The van der Waals surface area contributed by atoms with Gasteiger partial charge in [-0.1, -0.05) is 35.2 Å². The van der Waals surface area contributed by atoms with E-state index in [9.17, 15) is 9.59 Å². The van der Waals surface area contributed by atoms with Gasteiger partial charge in [0, 0.05) is 13.1 Å². The summed E-state index contributed by atoms with van der Waals surface area (Å²) in [5, 5.41) is 0.556. The lowest BCUT2D eigenvalue weighted by molar-refractivity contribution is -0.116. The third-order valence-electron chi connectivity index (χ3n) is 3.79. The minimum absolute atomic E-state index is 0.0769. The van der Waals surface area contributed by atoms with Crippen LogP contribution in [0, 0.1) is 13.8 Å². The molecule has 0 radical (unpaired) electrons. The van der Waals surface area contributed by atoms with Crippen LogP contribution in [0.5, 0.6) is 0 Å². The average molecular weight is 386 g/mol. The summed E-state index contributed by atoms with van der Waals surface area (Å²) in [6, 6.07) is 9.74. The number of aryl methyl sites for hydroxylation is 2. The second-order valence-corrected chi connectivity index (χ2v) is 8.14. The van der Waals surface area contributed by atoms with E-state index in [2.05, 4.69) is 16.0 Å². The van der Waals surface area contributed by atoms with Crippen LogP contribution in [0.4, 0.5) is 5.13 Å². The molecule has 3 aromatic rings. The number of hydrogen-bond donors (Lipinski definition) is 0. The molecule has 134 valence electrons. The molecule has 0 atom stereocenters. The Morgan fingerprint density at radius 2 is 2.04 bits per heavy atom. The maximum atomic E-state index is 12.8. The average Bonchev–Trinajstić information content (AvgIpc) is 3.02. The molecule has 3 rings (SSSR count). The Labute approximate surface area is 160 Å². The highest BCUT2D eigenvalue weighted by atomic mass is 32.2. The highest BCUT2D eigenvalue weighted by Crippen LogP contribution is 2.33. The maximum Gasteiger partial charge on any atom is 0.239 e. The van der Waals surface area contributed by atoms with Crippen molar-refractivity contribution in [3.8, 4) is 0 Å². The molecule has 0 bridgehead atoms. The van der Waals surface area contributed by atoms with Crippen molar-refractivity contribution >= 4 is 49.5 Å². The Balaban J connectivity index is 1.97. The monoisotopic (exact) mass is 385 g/mol. The summed E-state index contributed by atoms with van der Waals surface area (Å²) in [5.41, 5.74) is 3.95. The van der Waals surface area contributed by atoms with Gasteiger partial charge in [-0.25, -0.2) is 4.98 Å². The van der Waals surface area contributed by atoms with Crippen molar-refractivity contribution < 1.29 is 9.59 Å². The molecule has 0 saturated heterocycles. The number of rotatable bonds is 5. The first kappa shape index (κ1) is 18.5. The summed E-state index contributed by atoms with van der Waals surface area (Å²) < 4.78 is 1.07. The van der Waals surface area contributed by atoms with Crippen molar-refractivity contribution in [2.75, 3.05) is 10.7 Å². The standard InChI is InChI=1S/C19H19N3O2S2/c1-12-8-13(2)18-16(9-12)21-19(26-18)22(17(24)11-25-14(3)23)10-15-6-4-5-7-20-15/h4-9H,10-11H2,1-3H3. The number of benzene rings is 1. The van der Waals surface area contributed by atoms with E-state index >= 15 is 0 Å². The van der Waals surface area contributed by atoms with Crippen LogP contribution in [0.1, 0.15) is 23.7 Å². The van der Waals surface area contributed by atoms with E-state index < -0.39 is 0 Å². The molecule has 0 spiro atoms. The molecule has 1 aromatic carbocycles. The van der Waals surface area contributed by atoms with Gasteiger partial charge in [0.25, 0.3) is 0 Å². The molecule has 0 aliphatic rings. The number of pyridine rings is 1. The van der Waals surface area contributed by atoms with E-state index in [1.165, 1.54) is 18.3 Å². The topological polar surface area (TPSA) is 63.2 Å². The Morgan fingerprint density at radius 1 is 1.23 bits per heavy atom. The van der Waals surface area contributed by atoms with E-state index in [1.54, 1.807) is 11.1 Å². The van der Waals surface area contributed by atoms with Crippen molar-refractivity contribution in [1.82, 2.24) is 9.97 Å². The van der Waals surface area contributed by atoms with Gasteiger partial charge in [-0.05, 0) is 43.2 Å². The van der Waals surface area contributed by atoms with Gasteiger partial charge in [0.1, 0.15) is 0 Å². The highest BCUT2D eigenvalue weighted by Gasteiger charge is 2.21. The lowest BCUT2D eigenvalue weighted by Crippen LogP contribution is -2.32. The summed E-state index contributed by atoms with van der Waals surface area (Å²) in [6.45, 7) is 5.88. The maximum absolute atomic E-state index is 12.8. The molecule has 0 aliphatic carbocycles. The number of thioether (sulfide) groups is 1. The van der Waals surface area contributed by atoms with E-state index in [0.717, 1.165) is 38.8 Å². The van der Waals surface area contributed by atoms with Crippen molar-refractivity contribution in [3.63, 3.8) is 0 Å². The second kappa shape index (κ2) is 7.97. The number of carbonyl (C=O) groups is 2. The summed E-state index contributed by atoms with van der Waals surface area (Å²) in [6.07, 6.45) is 1.70. The van der Waals surface area contributed by atoms with Crippen LogP contribution >= 0.6 is 23.1 Å². The van der Waals surface area contributed by atoms with E-state index in [-0.39, 0.29) is 16.8 Å². The summed E-state index contributed by atoms with van der Waals surface area (Å²) in [5.74, 6) is -0.0555. The number of nitrogens with zero attached hydrogens (tertiary/aromatic N) is 3. The SMILES string of the molecule is CC(=O)SCC(=O)N(Cc1ccccn1)c1nc2cc(C)cc(C)c2s1. The molecule has 26 heavy (non-hydrogen) atoms. The molecule has 0 N–H and O–H groups in total. The van der Waals surface area contributed by atoms with Crippen LogP contribution in [0.25, 0.3) is 10.2 Å². The van der Waals surface area contributed by atoms with E-state index in [1.807, 2.05) is 38.1 Å². The van der Waals surface area contributed by atoms with Gasteiger partial charge in [0.15, 0.2) is 10.2 Å². The molecule has 5 nitrogen and oxygen atoms in total. The second-order valence-electron chi connectivity index (χ2n) is 6.01. The Bertz CT molecular complexity index is 954. The fraction of sp³-hybridized carbons (Fsp3) is 0.263. The van der Waals surface area contributed by atoms with Gasteiger partial charge >= 0.3 is 0 Å². The fourth-order valence-electron chi connectivity index (χ4n) is 2.64. The number of fused-ring (bicyclic) bond motifs is 1. The van der Waals surface area contributed by atoms with E-state index in [4.69, 9.17) is 0 Å². The predicted molar refractivity (Wildman–Crippen MR) is 108 cm³/mol. The molecule has 0 unspecified atom stereocenters. The number of thiazole rings is 1. The minimum atomic E-state index is -0.149. The van der Waals surface area contributed by atoms with Crippen LogP contribution < -0.4 is 4.90 Å².